The summed E-state index contributed by atoms with van der Waals surface area (Å²) in [6.07, 6.45) is 6.91. The highest BCUT2D eigenvalue weighted by Crippen LogP contribution is 2.27. The summed E-state index contributed by atoms with van der Waals surface area (Å²) >= 11 is 0. The summed E-state index contributed by atoms with van der Waals surface area (Å²) in [5.74, 6) is 1.10. The minimum Gasteiger partial charge on any atom is -0.390 e. The van der Waals surface area contributed by atoms with E-state index in [0.29, 0.717) is 0 Å². The van der Waals surface area contributed by atoms with Gasteiger partial charge in [0.1, 0.15) is 5.82 Å². The maximum atomic E-state index is 9.54. The van der Waals surface area contributed by atoms with Gasteiger partial charge in [-0.1, -0.05) is 0 Å². The van der Waals surface area contributed by atoms with Crippen LogP contribution in [0.15, 0.2) is 24.5 Å². The van der Waals surface area contributed by atoms with E-state index in [-0.39, 0.29) is 6.61 Å². The van der Waals surface area contributed by atoms with Gasteiger partial charge in [-0.25, -0.2) is 4.98 Å². The molecule has 0 unspecified atom stereocenters. The van der Waals surface area contributed by atoms with Gasteiger partial charge in [-0.2, -0.15) is 0 Å². The van der Waals surface area contributed by atoms with Gasteiger partial charge in [-0.05, 0) is 25.0 Å². The number of imidazole rings is 1. The molecule has 1 aliphatic heterocycles. The Bertz CT molecular complexity index is 519. The first-order valence-corrected chi connectivity index (χ1v) is 5.99. The van der Waals surface area contributed by atoms with Crippen LogP contribution in [0.1, 0.15) is 24.4 Å². The molecule has 4 heteroatoms. The molecule has 1 aliphatic rings. The van der Waals surface area contributed by atoms with Crippen molar-refractivity contribution in [3.8, 4) is 11.3 Å². The topological polar surface area (TPSA) is 50.9 Å². The van der Waals surface area contributed by atoms with Gasteiger partial charge in [0.15, 0.2) is 0 Å². The summed E-state index contributed by atoms with van der Waals surface area (Å²) < 4.78 is 2.16. The van der Waals surface area contributed by atoms with Crippen molar-refractivity contribution in [1.82, 2.24) is 14.5 Å². The van der Waals surface area contributed by atoms with Crippen molar-refractivity contribution in [2.24, 2.45) is 0 Å². The van der Waals surface area contributed by atoms with Crippen molar-refractivity contribution < 1.29 is 5.11 Å². The molecule has 1 N–H and O–H groups in total. The molecule has 2 aromatic rings. The molecule has 17 heavy (non-hydrogen) atoms. The molecule has 0 spiro atoms. The normalized spacial score (nSPS) is 14.6. The first kappa shape index (κ1) is 10.5. The second-order valence-corrected chi connectivity index (χ2v) is 4.33. The minimum atomic E-state index is 0.0389. The number of hydrogen-bond acceptors (Lipinski definition) is 3. The Morgan fingerprint density at radius 2 is 2.29 bits per heavy atom. The first-order valence-electron chi connectivity index (χ1n) is 5.99. The van der Waals surface area contributed by atoms with Crippen molar-refractivity contribution in [1.29, 1.82) is 0 Å². The molecule has 0 atom stereocenters. The highest BCUT2D eigenvalue weighted by molar-refractivity contribution is 5.61. The highest BCUT2D eigenvalue weighted by atomic mass is 16.3. The summed E-state index contributed by atoms with van der Waals surface area (Å²) in [6, 6.07) is 3.88. The smallest absolute Gasteiger partial charge is 0.109 e. The zero-order valence-corrected chi connectivity index (χ0v) is 9.63. The molecule has 0 saturated heterocycles. The van der Waals surface area contributed by atoms with E-state index in [4.69, 9.17) is 0 Å². The van der Waals surface area contributed by atoms with Crippen LogP contribution >= 0.6 is 0 Å². The van der Waals surface area contributed by atoms with Crippen LogP contribution in [0.4, 0.5) is 0 Å². The number of fused-ring (bicyclic) bond motifs is 1. The number of nitrogens with zero attached hydrogens (tertiary/aromatic N) is 3. The van der Waals surface area contributed by atoms with Gasteiger partial charge in [0.05, 0.1) is 18.0 Å². The molecular weight excluding hydrogens is 214 g/mol. The lowest BCUT2D eigenvalue weighted by molar-refractivity contribution is 0.268. The standard InChI is InChI=1S/C13H15N3O/c17-9-11-13(10-4-3-6-14-8-10)15-12-5-1-2-7-16(11)12/h3-4,6,8,17H,1-2,5,7,9H2. The predicted octanol–water partition coefficient (Wildman–Crippen LogP) is 1.77. The molecule has 3 rings (SSSR count). The number of rotatable bonds is 2. The van der Waals surface area contributed by atoms with Crippen molar-refractivity contribution >= 4 is 0 Å². The van der Waals surface area contributed by atoms with Gasteiger partial charge in [-0.3, -0.25) is 4.98 Å². The van der Waals surface area contributed by atoms with E-state index in [0.717, 1.165) is 35.7 Å². The summed E-state index contributed by atoms with van der Waals surface area (Å²) in [6.45, 7) is 1.01. The van der Waals surface area contributed by atoms with Gasteiger partial charge in [-0.15, -0.1) is 0 Å². The number of aliphatic hydroxyl groups excluding tert-OH is 1. The van der Waals surface area contributed by atoms with Gasteiger partial charge >= 0.3 is 0 Å². The lowest BCUT2D eigenvalue weighted by Crippen LogP contribution is -2.12. The van der Waals surface area contributed by atoms with E-state index >= 15 is 0 Å². The fourth-order valence-corrected chi connectivity index (χ4v) is 2.44. The van der Waals surface area contributed by atoms with Gasteiger partial charge < -0.3 is 9.67 Å². The van der Waals surface area contributed by atoms with Crippen LogP contribution in [0, 0.1) is 0 Å². The quantitative estimate of drug-likeness (QED) is 0.854. The van der Waals surface area contributed by atoms with Crippen molar-refractivity contribution in [3.05, 3.63) is 36.0 Å². The second kappa shape index (κ2) is 4.30. The minimum absolute atomic E-state index is 0.0389. The molecule has 0 amide bonds. The Hall–Kier alpha value is -1.68. The molecular formula is C13H15N3O. The number of pyridine rings is 1. The molecule has 88 valence electrons. The Balaban J connectivity index is 2.14. The summed E-state index contributed by atoms with van der Waals surface area (Å²) in [7, 11) is 0. The van der Waals surface area contributed by atoms with E-state index in [2.05, 4.69) is 14.5 Å². The predicted molar refractivity (Wildman–Crippen MR) is 64.3 cm³/mol. The SMILES string of the molecule is OCc1c(-c2cccnc2)nc2n1CCCC2. The van der Waals surface area contributed by atoms with Crippen LogP contribution in [0.2, 0.25) is 0 Å². The summed E-state index contributed by atoms with van der Waals surface area (Å²) in [4.78, 5) is 8.77. The summed E-state index contributed by atoms with van der Waals surface area (Å²) in [5.41, 5.74) is 2.80. The van der Waals surface area contributed by atoms with Crippen LogP contribution in [0.5, 0.6) is 0 Å². The molecule has 0 fully saturated rings. The van der Waals surface area contributed by atoms with Crippen LogP contribution in [0.3, 0.4) is 0 Å². The average molecular weight is 229 g/mol. The van der Waals surface area contributed by atoms with Crippen molar-refractivity contribution in [3.63, 3.8) is 0 Å². The van der Waals surface area contributed by atoms with Crippen LogP contribution in [-0.2, 0) is 19.6 Å². The molecule has 0 aliphatic carbocycles. The fourth-order valence-electron chi connectivity index (χ4n) is 2.44. The van der Waals surface area contributed by atoms with Crippen molar-refractivity contribution in [2.75, 3.05) is 0 Å². The zero-order valence-electron chi connectivity index (χ0n) is 9.63. The Morgan fingerprint density at radius 3 is 3.06 bits per heavy atom. The van der Waals surface area contributed by atoms with Crippen molar-refractivity contribution in [2.45, 2.75) is 32.4 Å². The lowest BCUT2D eigenvalue weighted by Gasteiger charge is -2.15. The molecule has 2 aromatic heterocycles. The highest BCUT2D eigenvalue weighted by Gasteiger charge is 2.19. The fraction of sp³-hybridized carbons (Fsp3) is 0.385. The number of aromatic nitrogens is 3. The van der Waals surface area contributed by atoms with Crippen LogP contribution < -0.4 is 0 Å². The third-order valence-corrected chi connectivity index (χ3v) is 3.27. The van der Waals surface area contributed by atoms with E-state index in [1.165, 1.54) is 12.8 Å². The van der Waals surface area contributed by atoms with Crippen LogP contribution in [0.25, 0.3) is 11.3 Å². The number of hydrogen-bond donors (Lipinski definition) is 1. The third-order valence-electron chi connectivity index (χ3n) is 3.27. The Kier molecular flexibility index (Phi) is 2.65. The molecule has 0 saturated carbocycles. The van der Waals surface area contributed by atoms with Gasteiger partial charge in [0, 0.05) is 30.9 Å². The number of aliphatic hydroxyl groups is 1. The molecule has 0 radical (unpaired) electrons. The molecule has 0 aromatic carbocycles. The lowest BCUT2D eigenvalue weighted by atomic mass is 10.1. The van der Waals surface area contributed by atoms with E-state index < -0.39 is 0 Å². The van der Waals surface area contributed by atoms with E-state index in [1.807, 2.05) is 12.1 Å². The number of aryl methyl sites for hydroxylation is 1. The van der Waals surface area contributed by atoms with E-state index in [1.54, 1.807) is 12.4 Å². The molecule has 0 bridgehead atoms. The van der Waals surface area contributed by atoms with Crippen LogP contribution in [-0.4, -0.2) is 19.6 Å². The maximum Gasteiger partial charge on any atom is 0.109 e. The Labute approximate surface area is 100.0 Å². The monoisotopic (exact) mass is 229 g/mol. The zero-order chi connectivity index (χ0) is 11.7. The average Bonchev–Trinajstić information content (AvgIpc) is 2.78. The molecule has 3 heterocycles. The summed E-state index contributed by atoms with van der Waals surface area (Å²) in [5, 5.41) is 9.54. The van der Waals surface area contributed by atoms with Gasteiger partial charge in [0.2, 0.25) is 0 Å². The maximum absolute atomic E-state index is 9.54. The van der Waals surface area contributed by atoms with Gasteiger partial charge in [0.25, 0.3) is 0 Å². The Morgan fingerprint density at radius 1 is 1.35 bits per heavy atom. The molecule has 4 nitrogen and oxygen atoms in total. The van der Waals surface area contributed by atoms with E-state index in [9.17, 15) is 5.11 Å². The largest absolute Gasteiger partial charge is 0.390 e. The third kappa shape index (κ3) is 1.74. The second-order valence-electron chi connectivity index (χ2n) is 4.33. The first-order chi connectivity index (χ1) is 8.40.